The van der Waals surface area contributed by atoms with Crippen LogP contribution in [0.25, 0.3) is 0 Å². The highest BCUT2D eigenvalue weighted by Crippen LogP contribution is 2.70. The lowest BCUT2D eigenvalue weighted by Gasteiger charge is -2.59. The molecule has 8 nitrogen and oxygen atoms in total. The lowest BCUT2D eigenvalue weighted by molar-refractivity contribution is -0.225. The number of carbonyl (C=O) groups excluding carboxylic acids is 2. The van der Waals surface area contributed by atoms with Crippen LogP contribution in [0.2, 0.25) is 0 Å². The van der Waals surface area contributed by atoms with E-state index in [1.165, 1.54) is 12.2 Å². The summed E-state index contributed by atoms with van der Waals surface area (Å²) >= 11 is 0. The van der Waals surface area contributed by atoms with Crippen molar-refractivity contribution in [2.45, 2.75) is 77.0 Å². The smallest absolute Gasteiger partial charge is 0.264 e. The van der Waals surface area contributed by atoms with Crippen LogP contribution in [0, 0.1) is 28.6 Å². The standard InChI is InChI=1S/C25H33FO8S/c1-22(2)33-20-9-15-14-7-6-13-8-17(27)16(26)10-23(13,3)21(14)18(28)11-24(15,4)25(20,34-22)19(29)12-32-35(5,30)31/h8,10,14-15,18,20-21,28H,6-7,9,11-12H2,1-5H3/t14-,15-,18-,20+,21+,23-,24-,25+/m0/s1. The van der Waals surface area contributed by atoms with Gasteiger partial charge in [-0.1, -0.05) is 19.4 Å². The van der Waals surface area contributed by atoms with Crippen molar-refractivity contribution in [1.29, 1.82) is 0 Å². The predicted molar refractivity (Wildman–Crippen MR) is 122 cm³/mol. The molecule has 0 bridgehead atoms. The molecule has 3 saturated carbocycles. The van der Waals surface area contributed by atoms with Crippen molar-refractivity contribution in [2.24, 2.45) is 28.6 Å². The molecule has 10 heteroatoms. The number of ketones is 2. The van der Waals surface area contributed by atoms with Gasteiger partial charge >= 0.3 is 0 Å². The third kappa shape index (κ3) is 3.47. The molecule has 35 heavy (non-hydrogen) atoms. The van der Waals surface area contributed by atoms with E-state index < -0.39 is 68.5 Å². The molecule has 0 aromatic carbocycles. The molecule has 194 valence electrons. The van der Waals surface area contributed by atoms with E-state index in [1.807, 2.05) is 13.8 Å². The van der Waals surface area contributed by atoms with Gasteiger partial charge in [-0.2, -0.15) is 8.42 Å². The lowest BCUT2D eigenvalue weighted by Crippen LogP contribution is -2.64. The largest absolute Gasteiger partial charge is 0.393 e. The second-order valence-corrected chi connectivity index (χ2v) is 13.4. The highest BCUT2D eigenvalue weighted by atomic mass is 32.2. The third-order valence-corrected chi connectivity index (χ3v) is 9.91. The topological polar surface area (TPSA) is 116 Å². The van der Waals surface area contributed by atoms with E-state index in [-0.39, 0.29) is 24.2 Å². The molecule has 1 heterocycles. The number of rotatable bonds is 4. The van der Waals surface area contributed by atoms with Gasteiger partial charge in [-0.15, -0.1) is 0 Å². The van der Waals surface area contributed by atoms with Gasteiger partial charge in [0.25, 0.3) is 10.1 Å². The maximum absolute atomic E-state index is 14.5. The van der Waals surface area contributed by atoms with Crippen LogP contribution in [0.5, 0.6) is 0 Å². The number of carbonyl (C=O) groups is 2. The summed E-state index contributed by atoms with van der Waals surface area (Å²) in [6.45, 7) is 6.53. The first-order valence-electron chi connectivity index (χ1n) is 12.1. The van der Waals surface area contributed by atoms with E-state index in [4.69, 9.17) is 13.7 Å². The lowest BCUT2D eigenvalue weighted by atomic mass is 9.46. The van der Waals surface area contributed by atoms with E-state index in [9.17, 15) is 27.5 Å². The molecule has 1 aliphatic heterocycles. The summed E-state index contributed by atoms with van der Waals surface area (Å²) in [6.07, 6.45) is 4.00. The molecule has 0 aromatic rings. The van der Waals surface area contributed by atoms with Crippen molar-refractivity contribution in [3.8, 4) is 0 Å². The summed E-state index contributed by atoms with van der Waals surface area (Å²) in [7, 11) is -3.86. The molecule has 4 fully saturated rings. The Bertz CT molecular complexity index is 1160. The number of hydrogen-bond acceptors (Lipinski definition) is 8. The van der Waals surface area contributed by atoms with Crippen LogP contribution in [0.1, 0.15) is 53.4 Å². The van der Waals surface area contributed by atoms with Crippen molar-refractivity contribution >= 4 is 21.7 Å². The molecule has 0 radical (unpaired) electrons. The van der Waals surface area contributed by atoms with E-state index in [2.05, 4.69) is 0 Å². The molecular formula is C25H33FO8S. The molecular weight excluding hydrogens is 479 g/mol. The minimum atomic E-state index is -3.86. The van der Waals surface area contributed by atoms with Crippen molar-refractivity contribution in [2.75, 3.05) is 12.9 Å². The first-order chi connectivity index (χ1) is 16.0. The SMILES string of the molecule is CC1(C)O[C@@H]2C[C@H]3[C@@H]4CCC5=CC(=O)C(F)=C[C@]5(C)[C@H]4[C@@H](O)C[C@]3(C)[C@]2(C(=O)COS(C)(=O)=O)O1. The van der Waals surface area contributed by atoms with Gasteiger partial charge in [-0.3, -0.25) is 13.8 Å². The van der Waals surface area contributed by atoms with Crippen molar-refractivity contribution in [1.82, 2.24) is 0 Å². The minimum Gasteiger partial charge on any atom is -0.393 e. The monoisotopic (exact) mass is 512 g/mol. The molecule has 5 aliphatic rings. The first kappa shape index (κ1) is 25.2. The van der Waals surface area contributed by atoms with Gasteiger partial charge in [0.1, 0.15) is 6.61 Å². The highest BCUT2D eigenvalue weighted by molar-refractivity contribution is 7.86. The summed E-state index contributed by atoms with van der Waals surface area (Å²) in [5, 5.41) is 11.6. The van der Waals surface area contributed by atoms with Crippen molar-refractivity contribution < 1.29 is 41.2 Å². The fourth-order valence-corrected chi connectivity index (χ4v) is 8.57. The predicted octanol–water partition coefficient (Wildman–Crippen LogP) is 2.61. The van der Waals surface area contributed by atoms with E-state index in [0.29, 0.717) is 19.3 Å². The van der Waals surface area contributed by atoms with Crippen LogP contribution < -0.4 is 0 Å². The Morgan fingerprint density at radius 1 is 1.29 bits per heavy atom. The van der Waals surface area contributed by atoms with Crippen LogP contribution in [-0.2, 0) is 33.4 Å². The molecule has 0 spiro atoms. The van der Waals surface area contributed by atoms with Gasteiger partial charge < -0.3 is 14.6 Å². The number of Topliss-reactive ketones (excluding diaryl/α,β-unsaturated/α-hetero) is 1. The molecule has 5 rings (SSSR count). The zero-order valence-electron chi connectivity index (χ0n) is 20.7. The van der Waals surface area contributed by atoms with Crippen LogP contribution in [0.3, 0.4) is 0 Å². The Hall–Kier alpha value is -1.46. The molecule has 8 atom stereocenters. The number of halogens is 1. The van der Waals surface area contributed by atoms with E-state index >= 15 is 0 Å². The van der Waals surface area contributed by atoms with E-state index in [0.717, 1.165) is 11.8 Å². The Labute approximate surface area is 205 Å². The quantitative estimate of drug-likeness (QED) is 0.572. The van der Waals surface area contributed by atoms with Crippen LogP contribution in [-0.4, -0.2) is 61.5 Å². The Morgan fingerprint density at radius 3 is 2.63 bits per heavy atom. The maximum atomic E-state index is 14.5. The summed E-state index contributed by atoms with van der Waals surface area (Å²) in [5.41, 5.74) is -2.34. The average Bonchev–Trinajstić information content (AvgIpc) is 3.12. The average molecular weight is 513 g/mol. The fraction of sp³-hybridized carbons (Fsp3) is 0.760. The van der Waals surface area contributed by atoms with Gasteiger partial charge in [-0.25, -0.2) is 4.39 Å². The summed E-state index contributed by atoms with van der Waals surface area (Å²) in [6, 6.07) is 0. The molecule has 1 saturated heterocycles. The normalized spacial score (nSPS) is 46.1. The zero-order chi connectivity index (χ0) is 25.8. The highest BCUT2D eigenvalue weighted by Gasteiger charge is 2.76. The number of fused-ring (bicyclic) bond motifs is 7. The molecule has 0 amide bonds. The summed E-state index contributed by atoms with van der Waals surface area (Å²) in [5.74, 6) is -3.57. The first-order valence-corrected chi connectivity index (χ1v) is 13.9. The second-order valence-electron chi connectivity index (χ2n) is 11.8. The maximum Gasteiger partial charge on any atom is 0.264 e. The van der Waals surface area contributed by atoms with Gasteiger partial charge in [0.2, 0.25) is 5.78 Å². The Morgan fingerprint density at radius 2 is 1.97 bits per heavy atom. The number of allylic oxidation sites excluding steroid dienone is 4. The Kier molecular flexibility index (Phi) is 5.43. The molecule has 0 unspecified atom stereocenters. The summed E-state index contributed by atoms with van der Waals surface area (Å²) in [4.78, 5) is 25.7. The van der Waals surface area contributed by atoms with Gasteiger partial charge in [-0.05, 0) is 63.5 Å². The number of hydrogen-bond donors (Lipinski definition) is 1. The number of aliphatic hydroxyl groups excluding tert-OH is 1. The van der Waals surface area contributed by atoms with Crippen LogP contribution in [0.4, 0.5) is 4.39 Å². The van der Waals surface area contributed by atoms with Crippen LogP contribution >= 0.6 is 0 Å². The minimum absolute atomic E-state index is 0.0791. The zero-order valence-corrected chi connectivity index (χ0v) is 21.5. The number of ether oxygens (including phenoxy) is 2. The van der Waals surface area contributed by atoms with E-state index in [1.54, 1.807) is 13.8 Å². The number of aliphatic hydroxyl groups is 1. The molecule has 1 N–H and O–H groups in total. The molecule has 4 aliphatic carbocycles. The fourth-order valence-electron chi connectivity index (χ4n) is 8.25. The third-order valence-electron chi connectivity index (χ3n) is 9.36. The second kappa shape index (κ2) is 7.54. The summed E-state index contributed by atoms with van der Waals surface area (Å²) < 4.78 is 55.2. The van der Waals surface area contributed by atoms with Gasteiger partial charge in [0.15, 0.2) is 23.0 Å². The van der Waals surface area contributed by atoms with Crippen LogP contribution in [0.15, 0.2) is 23.6 Å². The van der Waals surface area contributed by atoms with Gasteiger partial charge in [0, 0.05) is 16.7 Å². The van der Waals surface area contributed by atoms with Crippen molar-refractivity contribution in [3.05, 3.63) is 23.6 Å². The van der Waals surface area contributed by atoms with Gasteiger partial charge in [0.05, 0.1) is 18.5 Å². The molecule has 0 aromatic heterocycles. The van der Waals surface area contributed by atoms with Crippen molar-refractivity contribution in [3.63, 3.8) is 0 Å². The Balaban J connectivity index is 1.56.